The number of fused-ring (bicyclic) bond motifs is 1. The molecule has 0 atom stereocenters. The third-order valence-electron chi connectivity index (χ3n) is 4.35. The summed E-state index contributed by atoms with van der Waals surface area (Å²) in [5.74, 6) is 0.706. The first-order chi connectivity index (χ1) is 13.3. The van der Waals surface area contributed by atoms with Crippen LogP contribution < -0.4 is 5.32 Å². The Hall–Kier alpha value is -2.93. The first-order valence-corrected chi connectivity index (χ1v) is 10.0. The number of nitrogens with zero attached hydrogens (tertiary/aromatic N) is 5. The molecule has 1 N–H and O–H groups in total. The van der Waals surface area contributed by atoms with Crippen molar-refractivity contribution in [2.24, 2.45) is 0 Å². The van der Waals surface area contributed by atoms with Gasteiger partial charge in [0.2, 0.25) is 5.95 Å². The Balaban J connectivity index is 1.56. The van der Waals surface area contributed by atoms with Crippen LogP contribution in [0.4, 0.5) is 5.95 Å². The van der Waals surface area contributed by atoms with Crippen molar-refractivity contribution in [3.05, 3.63) is 66.0 Å². The molecule has 1 aromatic carbocycles. The topological polar surface area (TPSA) is 68.0 Å². The molecule has 4 aromatic rings. The van der Waals surface area contributed by atoms with Gasteiger partial charge in [0.05, 0.1) is 11.9 Å². The summed E-state index contributed by atoms with van der Waals surface area (Å²) >= 11 is 1.53. The standard InChI is InChI=1S/C20H20N6S/c1-3-15-13-23-26-18(15)24-20(27-2)25-19(26)22-12-14-7-9-16(10-8-14)17-6-4-5-11-21-17/h4-11,13H,3,12H2,1-2H3,(H,22,24,25). The highest BCUT2D eigenvalue weighted by atomic mass is 32.2. The van der Waals surface area contributed by atoms with Gasteiger partial charge < -0.3 is 5.32 Å². The van der Waals surface area contributed by atoms with Gasteiger partial charge in [0.25, 0.3) is 0 Å². The Morgan fingerprint density at radius 2 is 1.93 bits per heavy atom. The van der Waals surface area contributed by atoms with Crippen molar-refractivity contribution in [1.82, 2.24) is 24.6 Å². The highest BCUT2D eigenvalue weighted by Gasteiger charge is 2.11. The molecule has 7 heteroatoms. The Bertz CT molecular complexity index is 1040. The minimum Gasteiger partial charge on any atom is -0.350 e. The molecule has 0 unspecified atom stereocenters. The number of benzene rings is 1. The monoisotopic (exact) mass is 376 g/mol. The van der Waals surface area contributed by atoms with E-state index < -0.39 is 0 Å². The van der Waals surface area contributed by atoms with Crippen LogP contribution in [0.1, 0.15) is 18.1 Å². The van der Waals surface area contributed by atoms with E-state index in [1.807, 2.05) is 36.8 Å². The minimum atomic E-state index is 0.656. The first kappa shape index (κ1) is 17.5. The molecule has 0 aliphatic rings. The third kappa shape index (κ3) is 3.64. The minimum absolute atomic E-state index is 0.656. The maximum Gasteiger partial charge on any atom is 0.228 e. The van der Waals surface area contributed by atoms with Gasteiger partial charge in [-0.25, -0.2) is 4.98 Å². The molecular formula is C20H20N6S. The third-order valence-corrected chi connectivity index (χ3v) is 4.90. The van der Waals surface area contributed by atoms with E-state index in [0.29, 0.717) is 12.5 Å². The molecule has 0 saturated heterocycles. The molecule has 27 heavy (non-hydrogen) atoms. The summed E-state index contributed by atoms with van der Waals surface area (Å²) in [6.07, 6.45) is 6.54. The summed E-state index contributed by atoms with van der Waals surface area (Å²) in [6, 6.07) is 14.3. The maximum atomic E-state index is 4.59. The predicted octanol–water partition coefficient (Wildman–Crippen LogP) is 4.08. The van der Waals surface area contributed by atoms with Crippen molar-refractivity contribution in [3.8, 4) is 11.3 Å². The van der Waals surface area contributed by atoms with Crippen molar-refractivity contribution >= 4 is 23.4 Å². The van der Waals surface area contributed by atoms with E-state index in [-0.39, 0.29) is 0 Å². The molecule has 0 radical (unpaired) electrons. The lowest BCUT2D eigenvalue weighted by atomic mass is 10.1. The molecule has 0 bridgehead atoms. The molecule has 136 valence electrons. The summed E-state index contributed by atoms with van der Waals surface area (Å²) in [5, 5.41) is 8.58. The molecule has 3 aromatic heterocycles. The molecule has 0 aliphatic heterocycles. The number of hydrogen-bond acceptors (Lipinski definition) is 6. The second kappa shape index (κ2) is 7.75. The Labute approximate surface area is 162 Å². The SMILES string of the molecule is CCc1cnn2c(NCc3ccc(-c4ccccn4)cc3)nc(SC)nc12. The van der Waals surface area contributed by atoms with Gasteiger partial charge in [-0.2, -0.15) is 14.6 Å². The molecule has 0 amide bonds. The lowest BCUT2D eigenvalue weighted by molar-refractivity contribution is 0.829. The van der Waals surface area contributed by atoms with E-state index in [1.54, 1.807) is 4.52 Å². The highest BCUT2D eigenvalue weighted by molar-refractivity contribution is 7.98. The lowest BCUT2D eigenvalue weighted by Crippen LogP contribution is -2.09. The van der Waals surface area contributed by atoms with Crippen LogP contribution in [0.3, 0.4) is 0 Å². The van der Waals surface area contributed by atoms with Crippen LogP contribution in [-0.2, 0) is 13.0 Å². The first-order valence-electron chi connectivity index (χ1n) is 8.81. The van der Waals surface area contributed by atoms with E-state index in [2.05, 4.69) is 56.6 Å². The van der Waals surface area contributed by atoms with Gasteiger partial charge >= 0.3 is 0 Å². The fourth-order valence-corrected chi connectivity index (χ4v) is 3.22. The van der Waals surface area contributed by atoms with Crippen LogP contribution in [0.2, 0.25) is 0 Å². The van der Waals surface area contributed by atoms with Gasteiger partial charge in [0.1, 0.15) is 0 Å². The number of hydrogen-bond donors (Lipinski definition) is 1. The van der Waals surface area contributed by atoms with Crippen LogP contribution in [0.25, 0.3) is 16.9 Å². The molecule has 0 aliphatic carbocycles. The van der Waals surface area contributed by atoms with Crippen molar-refractivity contribution in [2.75, 3.05) is 11.6 Å². The summed E-state index contributed by atoms with van der Waals surface area (Å²) in [6.45, 7) is 2.76. The van der Waals surface area contributed by atoms with E-state index in [4.69, 9.17) is 0 Å². The fourth-order valence-electron chi connectivity index (χ4n) is 2.87. The summed E-state index contributed by atoms with van der Waals surface area (Å²) in [7, 11) is 0. The summed E-state index contributed by atoms with van der Waals surface area (Å²) in [4.78, 5) is 13.6. The van der Waals surface area contributed by atoms with E-state index >= 15 is 0 Å². The van der Waals surface area contributed by atoms with Crippen molar-refractivity contribution in [3.63, 3.8) is 0 Å². The smallest absolute Gasteiger partial charge is 0.228 e. The number of anilines is 1. The highest BCUT2D eigenvalue weighted by Crippen LogP contribution is 2.20. The van der Waals surface area contributed by atoms with Crippen LogP contribution >= 0.6 is 11.8 Å². The molecule has 0 fully saturated rings. The lowest BCUT2D eigenvalue weighted by Gasteiger charge is -2.09. The fraction of sp³-hybridized carbons (Fsp3) is 0.200. The van der Waals surface area contributed by atoms with Gasteiger partial charge in [-0.15, -0.1) is 0 Å². The number of pyridine rings is 1. The Morgan fingerprint density at radius 3 is 2.63 bits per heavy atom. The van der Waals surface area contributed by atoms with E-state index in [0.717, 1.165) is 39.6 Å². The number of aromatic nitrogens is 5. The molecule has 0 saturated carbocycles. The largest absolute Gasteiger partial charge is 0.350 e. The van der Waals surface area contributed by atoms with Crippen LogP contribution in [-0.4, -0.2) is 30.8 Å². The zero-order chi connectivity index (χ0) is 18.6. The van der Waals surface area contributed by atoms with Crippen molar-refractivity contribution in [1.29, 1.82) is 0 Å². The van der Waals surface area contributed by atoms with E-state index in [1.165, 1.54) is 11.8 Å². The zero-order valence-electron chi connectivity index (χ0n) is 15.3. The van der Waals surface area contributed by atoms with Crippen molar-refractivity contribution in [2.45, 2.75) is 25.0 Å². The summed E-state index contributed by atoms with van der Waals surface area (Å²) in [5.41, 5.74) is 5.23. The predicted molar refractivity (Wildman–Crippen MR) is 109 cm³/mol. The molecule has 0 spiro atoms. The van der Waals surface area contributed by atoms with Gasteiger partial charge in [0.15, 0.2) is 10.8 Å². The quantitative estimate of drug-likeness (QED) is 0.511. The van der Waals surface area contributed by atoms with Gasteiger partial charge in [0, 0.05) is 23.9 Å². The average Bonchev–Trinajstić information content (AvgIpc) is 3.16. The van der Waals surface area contributed by atoms with Gasteiger partial charge in [-0.05, 0) is 30.4 Å². The van der Waals surface area contributed by atoms with Crippen molar-refractivity contribution < 1.29 is 0 Å². The Kier molecular flexibility index (Phi) is 5.02. The second-order valence-corrected chi connectivity index (χ2v) is 6.83. The normalized spacial score (nSPS) is 11.0. The van der Waals surface area contributed by atoms with Crippen LogP contribution in [0.15, 0.2) is 60.0 Å². The summed E-state index contributed by atoms with van der Waals surface area (Å²) < 4.78 is 1.78. The van der Waals surface area contributed by atoms with Gasteiger partial charge in [-0.1, -0.05) is 49.0 Å². The maximum absolute atomic E-state index is 4.59. The molecular weight excluding hydrogens is 356 g/mol. The molecule has 6 nitrogen and oxygen atoms in total. The van der Waals surface area contributed by atoms with E-state index in [9.17, 15) is 0 Å². The molecule has 3 heterocycles. The van der Waals surface area contributed by atoms with Crippen LogP contribution in [0, 0.1) is 0 Å². The Morgan fingerprint density at radius 1 is 1.07 bits per heavy atom. The number of thioether (sulfide) groups is 1. The number of rotatable bonds is 6. The van der Waals surface area contributed by atoms with Gasteiger partial charge in [-0.3, -0.25) is 4.98 Å². The number of aryl methyl sites for hydroxylation is 1. The number of nitrogens with one attached hydrogen (secondary N) is 1. The average molecular weight is 376 g/mol. The second-order valence-electron chi connectivity index (χ2n) is 6.06. The zero-order valence-corrected chi connectivity index (χ0v) is 16.1. The molecule has 4 rings (SSSR count). The van der Waals surface area contributed by atoms with Crippen LogP contribution in [0.5, 0.6) is 0 Å².